The first kappa shape index (κ1) is 18.4. The second-order valence-corrected chi connectivity index (χ2v) is 6.67. The third-order valence-corrected chi connectivity index (χ3v) is 4.18. The molecule has 2 rings (SSSR count). The van der Waals surface area contributed by atoms with Crippen LogP contribution in [-0.4, -0.2) is 32.6 Å². The van der Waals surface area contributed by atoms with Crippen molar-refractivity contribution in [3.05, 3.63) is 17.2 Å². The zero-order valence-corrected chi connectivity index (χ0v) is 15.1. The number of ether oxygens (including phenoxy) is 2. The summed E-state index contributed by atoms with van der Waals surface area (Å²) in [6, 6.07) is 3.19. The van der Waals surface area contributed by atoms with Crippen molar-refractivity contribution in [3.8, 4) is 11.5 Å². The molecule has 1 aliphatic rings. The molecular weight excluding hydrogens is 332 g/mol. The van der Waals surface area contributed by atoms with Crippen LogP contribution in [0.25, 0.3) is 0 Å². The molecule has 2 atom stereocenters. The van der Waals surface area contributed by atoms with Crippen LogP contribution in [-0.2, 0) is 9.59 Å². The van der Waals surface area contributed by atoms with Gasteiger partial charge in [0.15, 0.2) is 0 Å². The first-order valence-electron chi connectivity index (χ1n) is 7.87. The van der Waals surface area contributed by atoms with Crippen molar-refractivity contribution in [2.75, 3.05) is 26.1 Å². The van der Waals surface area contributed by atoms with Crippen LogP contribution in [0.15, 0.2) is 12.1 Å². The number of benzene rings is 1. The molecule has 1 aromatic carbocycles. The van der Waals surface area contributed by atoms with Gasteiger partial charge in [-0.15, -0.1) is 0 Å². The lowest BCUT2D eigenvalue weighted by atomic mass is 10.2. The highest BCUT2D eigenvalue weighted by atomic mass is 35.5. The number of hydrogen-bond donors (Lipinski definition) is 2. The topological polar surface area (TPSA) is 76.7 Å². The van der Waals surface area contributed by atoms with Crippen molar-refractivity contribution < 1.29 is 19.1 Å². The minimum Gasteiger partial charge on any atom is -0.495 e. The maximum Gasteiger partial charge on any atom is 0.228 e. The predicted molar refractivity (Wildman–Crippen MR) is 92.6 cm³/mol. The molecule has 7 heteroatoms. The van der Waals surface area contributed by atoms with Gasteiger partial charge in [0.25, 0.3) is 0 Å². The summed E-state index contributed by atoms with van der Waals surface area (Å²) in [4.78, 5) is 24.4. The molecule has 132 valence electrons. The average molecular weight is 355 g/mol. The van der Waals surface area contributed by atoms with Crippen molar-refractivity contribution in [1.82, 2.24) is 5.32 Å². The van der Waals surface area contributed by atoms with Crippen LogP contribution in [0, 0.1) is 17.8 Å². The van der Waals surface area contributed by atoms with Crippen LogP contribution < -0.4 is 20.1 Å². The van der Waals surface area contributed by atoms with E-state index in [9.17, 15) is 9.59 Å². The molecule has 1 saturated carbocycles. The van der Waals surface area contributed by atoms with Crippen molar-refractivity contribution in [2.24, 2.45) is 17.8 Å². The average Bonchev–Trinajstić information content (AvgIpc) is 3.34. The Balaban J connectivity index is 2.00. The van der Waals surface area contributed by atoms with Crippen LogP contribution in [0.4, 0.5) is 5.69 Å². The quantitative estimate of drug-likeness (QED) is 0.789. The summed E-state index contributed by atoms with van der Waals surface area (Å²) in [5.41, 5.74) is 0.469. The molecular formula is C17H23ClN2O4. The molecule has 0 spiro atoms. The summed E-state index contributed by atoms with van der Waals surface area (Å²) in [5.74, 6) is 0.413. The van der Waals surface area contributed by atoms with Crippen molar-refractivity contribution in [3.63, 3.8) is 0 Å². The first-order chi connectivity index (χ1) is 11.4. The lowest BCUT2D eigenvalue weighted by Gasteiger charge is -2.13. The standard InChI is InChI=1S/C17H23ClN2O4/c1-9(2)8-19-16(21)10-5-11(10)17(22)20-13-7-14(23-3)12(18)6-15(13)24-4/h6-7,9-11H,5,8H2,1-4H3,(H,19,21)(H,20,22). The highest BCUT2D eigenvalue weighted by Gasteiger charge is 2.48. The summed E-state index contributed by atoms with van der Waals surface area (Å²) in [6.45, 7) is 4.67. The van der Waals surface area contributed by atoms with Gasteiger partial charge in [-0.3, -0.25) is 9.59 Å². The Morgan fingerprint density at radius 2 is 1.79 bits per heavy atom. The van der Waals surface area contributed by atoms with E-state index in [1.54, 1.807) is 12.1 Å². The monoisotopic (exact) mass is 354 g/mol. The van der Waals surface area contributed by atoms with Crippen LogP contribution in [0.2, 0.25) is 5.02 Å². The van der Waals surface area contributed by atoms with Crippen LogP contribution in [0.5, 0.6) is 11.5 Å². The summed E-state index contributed by atoms with van der Waals surface area (Å²) in [5, 5.41) is 6.05. The van der Waals surface area contributed by atoms with E-state index >= 15 is 0 Å². The van der Waals surface area contributed by atoms with Crippen LogP contribution in [0.3, 0.4) is 0 Å². The van der Waals surface area contributed by atoms with Crippen molar-refractivity contribution in [1.29, 1.82) is 0 Å². The van der Waals surface area contributed by atoms with Crippen LogP contribution >= 0.6 is 11.6 Å². The zero-order valence-electron chi connectivity index (χ0n) is 14.3. The molecule has 0 bridgehead atoms. The van der Waals surface area contributed by atoms with E-state index in [0.717, 1.165) is 0 Å². The number of carbonyl (C=O) groups is 2. The number of amides is 2. The van der Waals surface area contributed by atoms with Gasteiger partial charge in [0, 0.05) is 18.7 Å². The molecule has 2 unspecified atom stereocenters. The minimum atomic E-state index is -0.316. The molecule has 2 N–H and O–H groups in total. The van der Waals surface area contributed by atoms with Crippen LogP contribution in [0.1, 0.15) is 20.3 Å². The van der Waals surface area contributed by atoms with Gasteiger partial charge in [-0.25, -0.2) is 0 Å². The van der Waals surface area contributed by atoms with Gasteiger partial charge >= 0.3 is 0 Å². The highest BCUT2D eigenvalue weighted by Crippen LogP contribution is 2.41. The molecule has 0 heterocycles. The molecule has 0 aliphatic heterocycles. The zero-order chi connectivity index (χ0) is 17.9. The number of methoxy groups -OCH3 is 2. The van der Waals surface area contributed by atoms with Crippen molar-refractivity contribution in [2.45, 2.75) is 20.3 Å². The Morgan fingerprint density at radius 1 is 1.17 bits per heavy atom. The van der Waals surface area contributed by atoms with E-state index in [0.29, 0.717) is 41.1 Å². The molecule has 1 aliphatic carbocycles. The van der Waals surface area contributed by atoms with E-state index in [4.69, 9.17) is 21.1 Å². The van der Waals surface area contributed by atoms with Gasteiger partial charge in [-0.1, -0.05) is 25.4 Å². The third-order valence-electron chi connectivity index (χ3n) is 3.88. The van der Waals surface area contributed by atoms with Gasteiger partial charge in [-0.05, 0) is 12.3 Å². The maximum absolute atomic E-state index is 12.4. The summed E-state index contributed by atoms with van der Waals surface area (Å²) < 4.78 is 10.4. The van der Waals surface area contributed by atoms with Gasteiger partial charge in [0.05, 0.1) is 36.8 Å². The fraction of sp³-hybridized carbons (Fsp3) is 0.529. The Kier molecular flexibility index (Phi) is 5.94. The Morgan fingerprint density at radius 3 is 2.38 bits per heavy atom. The molecule has 24 heavy (non-hydrogen) atoms. The minimum absolute atomic E-state index is 0.0653. The molecule has 0 radical (unpaired) electrons. The number of anilines is 1. The maximum atomic E-state index is 12.4. The van der Waals surface area contributed by atoms with Crippen molar-refractivity contribution >= 4 is 29.1 Å². The second kappa shape index (κ2) is 7.75. The third kappa shape index (κ3) is 4.32. The van der Waals surface area contributed by atoms with Gasteiger partial charge in [0.2, 0.25) is 11.8 Å². The summed E-state index contributed by atoms with van der Waals surface area (Å²) in [7, 11) is 2.99. The smallest absolute Gasteiger partial charge is 0.228 e. The lowest BCUT2D eigenvalue weighted by Crippen LogP contribution is -2.30. The first-order valence-corrected chi connectivity index (χ1v) is 8.25. The SMILES string of the molecule is COc1cc(NC(=O)C2CC2C(=O)NCC(C)C)c(OC)cc1Cl. The Bertz CT molecular complexity index is 633. The second-order valence-electron chi connectivity index (χ2n) is 6.26. The molecule has 0 saturated heterocycles. The molecule has 0 aromatic heterocycles. The number of nitrogens with one attached hydrogen (secondary N) is 2. The number of carbonyl (C=O) groups excluding carboxylic acids is 2. The normalized spacial score (nSPS) is 18.9. The van der Waals surface area contributed by atoms with E-state index < -0.39 is 0 Å². The van der Waals surface area contributed by atoms with Gasteiger partial charge < -0.3 is 20.1 Å². The Hall–Kier alpha value is -1.95. The number of halogens is 1. The fourth-order valence-electron chi connectivity index (χ4n) is 2.39. The molecule has 1 fully saturated rings. The summed E-state index contributed by atoms with van der Waals surface area (Å²) in [6.07, 6.45) is 0.558. The summed E-state index contributed by atoms with van der Waals surface area (Å²) >= 11 is 6.05. The number of rotatable bonds is 7. The highest BCUT2D eigenvalue weighted by molar-refractivity contribution is 6.32. The van der Waals surface area contributed by atoms with Gasteiger partial charge in [-0.2, -0.15) is 0 Å². The number of hydrogen-bond acceptors (Lipinski definition) is 4. The largest absolute Gasteiger partial charge is 0.495 e. The molecule has 1 aromatic rings. The molecule has 6 nitrogen and oxygen atoms in total. The lowest BCUT2D eigenvalue weighted by molar-refractivity contribution is -0.125. The Labute approximate surface area is 146 Å². The molecule has 2 amide bonds. The van der Waals surface area contributed by atoms with Gasteiger partial charge in [0.1, 0.15) is 11.5 Å². The van der Waals surface area contributed by atoms with E-state index in [-0.39, 0.29) is 23.7 Å². The van der Waals surface area contributed by atoms with E-state index in [2.05, 4.69) is 10.6 Å². The van der Waals surface area contributed by atoms with E-state index in [1.807, 2.05) is 13.8 Å². The van der Waals surface area contributed by atoms with E-state index in [1.165, 1.54) is 14.2 Å². The fourth-order valence-corrected chi connectivity index (χ4v) is 2.62. The predicted octanol–water partition coefficient (Wildman–Crippen LogP) is 2.70.